The Balaban J connectivity index is 2.69. The van der Waals surface area contributed by atoms with E-state index in [0.717, 1.165) is 12.3 Å². The molecule has 0 aromatic heterocycles. The zero-order chi connectivity index (χ0) is 10.6. The van der Waals surface area contributed by atoms with Gasteiger partial charge in [0.05, 0.1) is 0 Å². The second-order valence-corrected chi connectivity index (χ2v) is 4.34. The van der Waals surface area contributed by atoms with Crippen molar-refractivity contribution in [1.82, 2.24) is 0 Å². The number of hydrogen-bond acceptors (Lipinski definition) is 0. The Morgan fingerprint density at radius 2 is 2.36 bits per heavy atom. The zero-order valence-corrected chi connectivity index (χ0v) is 9.72. The quantitative estimate of drug-likeness (QED) is 0.572. The lowest BCUT2D eigenvalue weighted by molar-refractivity contribution is 0.601. The smallest absolute Gasteiger partial charge is 0.0157 e. The van der Waals surface area contributed by atoms with Crippen LogP contribution in [0.2, 0.25) is 0 Å². The van der Waals surface area contributed by atoms with E-state index >= 15 is 0 Å². The minimum atomic E-state index is 0.640. The molecule has 0 aliphatic heterocycles. The van der Waals surface area contributed by atoms with Crippen LogP contribution in [0.1, 0.15) is 40.0 Å². The molecule has 1 aliphatic rings. The molecule has 0 heterocycles. The Labute approximate surface area is 88.4 Å². The molecule has 0 amide bonds. The molecule has 14 heavy (non-hydrogen) atoms. The Kier molecular flexibility index (Phi) is 4.19. The van der Waals surface area contributed by atoms with Crippen LogP contribution in [-0.4, -0.2) is 0 Å². The molecule has 0 heteroatoms. The van der Waals surface area contributed by atoms with Crippen molar-refractivity contribution in [2.45, 2.75) is 40.0 Å². The fourth-order valence-corrected chi connectivity index (χ4v) is 2.21. The van der Waals surface area contributed by atoms with E-state index in [-0.39, 0.29) is 0 Å². The van der Waals surface area contributed by atoms with E-state index in [1.807, 2.05) is 6.08 Å². The van der Waals surface area contributed by atoms with Gasteiger partial charge in [0, 0.05) is 0 Å². The number of rotatable bonds is 4. The predicted octanol–water partition coefficient (Wildman–Crippen LogP) is 4.50. The van der Waals surface area contributed by atoms with E-state index < -0.39 is 0 Å². The summed E-state index contributed by atoms with van der Waals surface area (Å²) >= 11 is 0. The van der Waals surface area contributed by atoms with Crippen molar-refractivity contribution in [1.29, 1.82) is 0 Å². The SMILES string of the molecule is C=CCC(C)C1=CCC(CC)C=C1C. The van der Waals surface area contributed by atoms with Gasteiger partial charge in [0.1, 0.15) is 0 Å². The van der Waals surface area contributed by atoms with E-state index in [1.165, 1.54) is 24.0 Å². The summed E-state index contributed by atoms with van der Waals surface area (Å²) in [5.41, 5.74) is 3.02. The fraction of sp³-hybridized carbons (Fsp3) is 0.571. The van der Waals surface area contributed by atoms with Gasteiger partial charge in [-0.3, -0.25) is 0 Å². The minimum absolute atomic E-state index is 0.640. The first kappa shape index (κ1) is 11.3. The van der Waals surface area contributed by atoms with Crippen LogP contribution in [0, 0.1) is 11.8 Å². The predicted molar refractivity (Wildman–Crippen MR) is 64.2 cm³/mol. The monoisotopic (exact) mass is 190 g/mol. The highest BCUT2D eigenvalue weighted by molar-refractivity contribution is 5.34. The lowest BCUT2D eigenvalue weighted by Crippen LogP contribution is -2.07. The highest BCUT2D eigenvalue weighted by atomic mass is 14.2. The summed E-state index contributed by atoms with van der Waals surface area (Å²) in [4.78, 5) is 0. The highest BCUT2D eigenvalue weighted by Crippen LogP contribution is 2.30. The first-order valence-corrected chi connectivity index (χ1v) is 5.68. The minimum Gasteiger partial charge on any atom is -0.103 e. The summed E-state index contributed by atoms with van der Waals surface area (Å²) in [7, 11) is 0. The zero-order valence-electron chi connectivity index (χ0n) is 9.72. The van der Waals surface area contributed by atoms with Crippen molar-refractivity contribution in [3.8, 4) is 0 Å². The third-order valence-electron chi connectivity index (χ3n) is 3.16. The molecule has 2 unspecified atom stereocenters. The highest BCUT2D eigenvalue weighted by Gasteiger charge is 2.15. The molecule has 0 saturated carbocycles. The van der Waals surface area contributed by atoms with Gasteiger partial charge in [-0.05, 0) is 43.6 Å². The van der Waals surface area contributed by atoms with Crippen LogP contribution in [0.5, 0.6) is 0 Å². The molecule has 1 aliphatic carbocycles. The normalized spacial score (nSPS) is 23.8. The van der Waals surface area contributed by atoms with Crippen molar-refractivity contribution in [2.24, 2.45) is 11.8 Å². The molecule has 1 rings (SSSR count). The van der Waals surface area contributed by atoms with Crippen molar-refractivity contribution in [2.75, 3.05) is 0 Å². The molecule has 2 atom stereocenters. The van der Waals surface area contributed by atoms with Crippen LogP contribution in [0.3, 0.4) is 0 Å². The van der Waals surface area contributed by atoms with Gasteiger partial charge in [-0.25, -0.2) is 0 Å². The topological polar surface area (TPSA) is 0 Å². The van der Waals surface area contributed by atoms with E-state index in [2.05, 4.69) is 39.5 Å². The van der Waals surface area contributed by atoms with E-state index in [1.54, 1.807) is 0 Å². The summed E-state index contributed by atoms with van der Waals surface area (Å²) in [6.45, 7) is 10.6. The lowest BCUT2D eigenvalue weighted by atomic mass is 9.83. The number of allylic oxidation sites excluding steroid dienone is 5. The average Bonchev–Trinajstić information content (AvgIpc) is 2.17. The molecule has 0 spiro atoms. The van der Waals surface area contributed by atoms with E-state index in [9.17, 15) is 0 Å². The molecular formula is C14H22. The summed E-state index contributed by atoms with van der Waals surface area (Å²) in [5.74, 6) is 1.41. The molecule has 0 aromatic rings. The van der Waals surface area contributed by atoms with Gasteiger partial charge in [0.25, 0.3) is 0 Å². The second kappa shape index (κ2) is 5.19. The van der Waals surface area contributed by atoms with E-state index in [4.69, 9.17) is 0 Å². The van der Waals surface area contributed by atoms with Crippen LogP contribution in [0.4, 0.5) is 0 Å². The molecule has 0 fully saturated rings. The maximum absolute atomic E-state index is 3.80. The Morgan fingerprint density at radius 1 is 1.64 bits per heavy atom. The Morgan fingerprint density at radius 3 is 2.86 bits per heavy atom. The third-order valence-corrected chi connectivity index (χ3v) is 3.16. The standard InChI is InChI=1S/C14H22/c1-5-7-11(3)14-9-8-13(6-2)10-12(14)4/h5,9-11,13H,1,6-8H2,2-4H3. The van der Waals surface area contributed by atoms with Crippen LogP contribution in [0.25, 0.3) is 0 Å². The Bertz CT molecular complexity index is 255. The summed E-state index contributed by atoms with van der Waals surface area (Å²) in [6, 6.07) is 0. The van der Waals surface area contributed by atoms with Crippen LogP contribution < -0.4 is 0 Å². The summed E-state index contributed by atoms with van der Waals surface area (Å²) in [6.07, 6.45) is 10.5. The van der Waals surface area contributed by atoms with Crippen molar-refractivity contribution in [3.05, 3.63) is 36.0 Å². The molecule has 0 saturated heterocycles. The second-order valence-electron chi connectivity index (χ2n) is 4.34. The van der Waals surface area contributed by atoms with Gasteiger partial charge in [-0.1, -0.05) is 37.6 Å². The number of hydrogen-bond donors (Lipinski definition) is 0. The van der Waals surface area contributed by atoms with Crippen molar-refractivity contribution < 1.29 is 0 Å². The maximum atomic E-state index is 3.80. The van der Waals surface area contributed by atoms with Gasteiger partial charge in [0.2, 0.25) is 0 Å². The van der Waals surface area contributed by atoms with Crippen LogP contribution in [-0.2, 0) is 0 Å². The van der Waals surface area contributed by atoms with Crippen LogP contribution in [0.15, 0.2) is 36.0 Å². The van der Waals surface area contributed by atoms with Crippen molar-refractivity contribution >= 4 is 0 Å². The molecule has 0 aromatic carbocycles. The van der Waals surface area contributed by atoms with Gasteiger partial charge in [-0.15, -0.1) is 6.58 Å². The largest absolute Gasteiger partial charge is 0.103 e. The first-order valence-electron chi connectivity index (χ1n) is 5.68. The van der Waals surface area contributed by atoms with Crippen LogP contribution >= 0.6 is 0 Å². The van der Waals surface area contributed by atoms with Gasteiger partial charge in [-0.2, -0.15) is 0 Å². The summed E-state index contributed by atoms with van der Waals surface area (Å²) < 4.78 is 0. The van der Waals surface area contributed by atoms with Gasteiger partial charge < -0.3 is 0 Å². The molecule has 0 radical (unpaired) electrons. The van der Waals surface area contributed by atoms with Crippen molar-refractivity contribution in [3.63, 3.8) is 0 Å². The van der Waals surface area contributed by atoms with Gasteiger partial charge in [0.15, 0.2) is 0 Å². The summed E-state index contributed by atoms with van der Waals surface area (Å²) in [5, 5.41) is 0. The fourth-order valence-electron chi connectivity index (χ4n) is 2.21. The van der Waals surface area contributed by atoms with Gasteiger partial charge >= 0.3 is 0 Å². The lowest BCUT2D eigenvalue weighted by Gasteiger charge is -2.22. The Hall–Kier alpha value is -0.780. The van der Waals surface area contributed by atoms with E-state index in [0.29, 0.717) is 5.92 Å². The third kappa shape index (κ3) is 2.60. The molecular weight excluding hydrogens is 168 g/mol. The average molecular weight is 190 g/mol. The molecule has 0 bridgehead atoms. The molecule has 0 N–H and O–H groups in total. The molecule has 78 valence electrons. The maximum Gasteiger partial charge on any atom is -0.0157 e. The molecule has 0 nitrogen and oxygen atoms in total. The first-order chi connectivity index (χ1) is 6.69.